The number of nitrogens with zero attached hydrogens (tertiary/aromatic N) is 4. The van der Waals surface area contributed by atoms with Gasteiger partial charge in [-0.25, -0.2) is 9.97 Å². The van der Waals surface area contributed by atoms with Gasteiger partial charge in [-0.15, -0.1) is 0 Å². The number of nitriles is 1. The molecule has 0 radical (unpaired) electrons. The lowest BCUT2D eigenvalue weighted by Crippen LogP contribution is -2.31. The summed E-state index contributed by atoms with van der Waals surface area (Å²) in [6.07, 6.45) is 2.96. The van der Waals surface area contributed by atoms with Gasteiger partial charge < -0.3 is 10.2 Å². The third-order valence-corrected chi connectivity index (χ3v) is 2.34. The number of nitrogens with one attached hydrogen (secondary N) is 1. The molecule has 1 amide bonds. The van der Waals surface area contributed by atoms with E-state index >= 15 is 0 Å². The van der Waals surface area contributed by atoms with Gasteiger partial charge in [0.2, 0.25) is 0 Å². The molecule has 6 nitrogen and oxygen atoms in total. The molecule has 1 atom stereocenters. The highest BCUT2D eigenvalue weighted by molar-refractivity contribution is 5.91. The van der Waals surface area contributed by atoms with Crippen LogP contribution in [-0.2, 0) is 0 Å². The van der Waals surface area contributed by atoms with Crippen molar-refractivity contribution in [3.63, 3.8) is 0 Å². The number of hydrogen-bond donors (Lipinski definition) is 1. The summed E-state index contributed by atoms with van der Waals surface area (Å²) in [5.74, 6) is 0.211. The van der Waals surface area contributed by atoms with Crippen molar-refractivity contribution in [2.24, 2.45) is 5.92 Å². The minimum absolute atomic E-state index is 0.201. The number of amides is 1. The summed E-state index contributed by atoms with van der Waals surface area (Å²) in [5, 5.41) is 11.7. The van der Waals surface area contributed by atoms with E-state index in [1.807, 2.05) is 6.92 Å². The number of carbonyl (C=O) groups is 1. The SMILES string of the molecule is CCNc1cnc(C(=O)N(C)CC(C)C#N)cn1. The van der Waals surface area contributed by atoms with E-state index in [-0.39, 0.29) is 17.5 Å². The highest BCUT2D eigenvalue weighted by Gasteiger charge is 2.15. The van der Waals surface area contributed by atoms with E-state index in [1.54, 1.807) is 14.0 Å². The lowest BCUT2D eigenvalue weighted by molar-refractivity contribution is 0.0779. The van der Waals surface area contributed by atoms with Gasteiger partial charge in [0.05, 0.1) is 24.4 Å². The summed E-state index contributed by atoms with van der Waals surface area (Å²) in [5.41, 5.74) is 0.282. The van der Waals surface area contributed by atoms with Crippen LogP contribution in [0.3, 0.4) is 0 Å². The monoisotopic (exact) mass is 247 g/mol. The molecule has 0 spiro atoms. The van der Waals surface area contributed by atoms with E-state index in [0.717, 1.165) is 6.54 Å². The van der Waals surface area contributed by atoms with Crippen molar-refractivity contribution < 1.29 is 4.79 Å². The van der Waals surface area contributed by atoms with Crippen LogP contribution >= 0.6 is 0 Å². The zero-order valence-corrected chi connectivity index (χ0v) is 10.8. The Morgan fingerprint density at radius 3 is 2.78 bits per heavy atom. The number of hydrogen-bond acceptors (Lipinski definition) is 5. The fourth-order valence-electron chi connectivity index (χ4n) is 1.44. The maximum Gasteiger partial charge on any atom is 0.273 e. The minimum Gasteiger partial charge on any atom is -0.369 e. The minimum atomic E-state index is -0.229. The number of anilines is 1. The van der Waals surface area contributed by atoms with Gasteiger partial charge >= 0.3 is 0 Å². The van der Waals surface area contributed by atoms with E-state index in [1.165, 1.54) is 17.3 Å². The molecule has 1 aromatic heterocycles. The maximum absolute atomic E-state index is 12.0. The van der Waals surface area contributed by atoms with Crippen molar-refractivity contribution in [3.05, 3.63) is 18.1 Å². The largest absolute Gasteiger partial charge is 0.369 e. The fraction of sp³-hybridized carbons (Fsp3) is 0.500. The van der Waals surface area contributed by atoms with Crippen molar-refractivity contribution in [2.45, 2.75) is 13.8 Å². The first-order valence-corrected chi connectivity index (χ1v) is 5.79. The Morgan fingerprint density at radius 1 is 1.56 bits per heavy atom. The second-order valence-electron chi connectivity index (χ2n) is 4.03. The molecule has 1 aromatic rings. The van der Waals surface area contributed by atoms with Gasteiger partial charge in [-0.3, -0.25) is 4.79 Å². The Balaban J connectivity index is 2.69. The molecular weight excluding hydrogens is 230 g/mol. The Hall–Kier alpha value is -2.16. The summed E-state index contributed by atoms with van der Waals surface area (Å²) in [6, 6.07) is 2.09. The molecule has 0 bridgehead atoms. The quantitative estimate of drug-likeness (QED) is 0.843. The van der Waals surface area contributed by atoms with Crippen LogP contribution in [0.4, 0.5) is 5.82 Å². The van der Waals surface area contributed by atoms with Crippen LogP contribution in [0, 0.1) is 17.2 Å². The van der Waals surface area contributed by atoms with Crippen LogP contribution in [-0.4, -0.2) is 40.9 Å². The van der Waals surface area contributed by atoms with E-state index in [2.05, 4.69) is 21.4 Å². The zero-order valence-electron chi connectivity index (χ0n) is 10.8. The number of carbonyl (C=O) groups excluding carboxylic acids is 1. The molecule has 0 saturated heterocycles. The molecule has 1 unspecified atom stereocenters. The van der Waals surface area contributed by atoms with Gasteiger partial charge in [-0.05, 0) is 13.8 Å². The molecule has 96 valence electrons. The van der Waals surface area contributed by atoms with Crippen molar-refractivity contribution >= 4 is 11.7 Å². The smallest absolute Gasteiger partial charge is 0.273 e. The molecule has 18 heavy (non-hydrogen) atoms. The molecule has 1 N–H and O–H groups in total. The molecule has 1 rings (SSSR count). The first kappa shape index (κ1) is 13.9. The first-order chi connectivity index (χ1) is 8.58. The highest BCUT2D eigenvalue weighted by atomic mass is 16.2. The Morgan fingerprint density at radius 2 is 2.28 bits per heavy atom. The summed E-state index contributed by atoms with van der Waals surface area (Å²) >= 11 is 0. The van der Waals surface area contributed by atoms with Gasteiger partial charge in [0.25, 0.3) is 5.91 Å². The summed E-state index contributed by atoms with van der Waals surface area (Å²) in [7, 11) is 1.65. The van der Waals surface area contributed by atoms with Crippen LogP contribution in [0.15, 0.2) is 12.4 Å². The van der Waals surface area contributed by atoms with Crippen molar-refractivity contribution in [1.82, 2.24) is 14.9 Å². The number of aromatic nitrogens is 2. The topological polar surface area (TPSA) is 81.9 Å². The normalized spacial score (nSPS) is 11.4. The molecule has 1 heterocycles. The average Bonchev–Trinajstić information content (AvgIpc) is 2.39. The first-order valence-electron chi connectivity index (χ1n) is 5.79. The van der Waals surface area contributed by atoms with E-state index in [9.17, 15) is 4.79 Å². The van der Waals surface area contributed by atoms with Gasteiger partial charge in [-0.2, -0.15) is 5.26 Å². The van der Waals surface area contributed by atoms with Gasteiger partial charge in [0, 0.05) is 20.1 Å². The van der Waals surface area contributed by atoms with Crippen molar-refractivity contribution in [2.75, 3.05) is 25.5 Å². The predicted molar refractivity (Wildman–Crippen MR) is 67.9 cm³/mol. The Labute approximate surface area is 107 Å². The van der Waals surface area contributed by atoms with Crippen LogP contribution in [0.1, 0.15) is 24.3 Å². The second kappa shape index (κ2) is 6.55. The highest BCUT2D eigenvalue weighted by Crippen LogP contribution is 2.05. The average molecular weight is 247 g/mol. The van der Waals surface area contributed by atoms with Crippen LogP contribution in [0.25, 0.3) is 0 Å². The van der Waals surface area contributed by atoms with E-state index in [0.29, 0.717) is 12.4 Å². The predicted octanol–water partition coefficient (Wildman–Crippen LogP) is 1.14. The van der Waals surface area contributed by atoms with Crippen LogP contribution < -0.4 is 5.32 Å². The standard InChI is InChI=1S/C12H17N5O/c1-4-14-11-7-15-10(6-16-11)12(18)17(3)8-9(2)5-13/h6-7,9H,4,8H2,1-3H3,(H,14,16). The summed E-state index contributed by atoms with van der Waals surface area (Å²) in [6.45, 7) is 4.86. The molecule has 0 aliphatic rings. The maximum atomic E-state index is 12.0. The fourth-order valence-corrected chi connectivity index (χ4v) is 1.44. The Bertz CT molecular complexity index is 437. The van der Waals surface area contributed by atoms with Gasteiger partial charge in [0.1, 0.15) is 11.5 Å². The van der Waals surface area contributed by atoms with Gasteiger partial charge in [0.15, 0.2) is 0 Å². The summed E-state index contributed by atoms with van der Waals surface area (Å²) < 4.78 is 0. The molecule has 0 aliphatic heterocycles. The molecule has 0 fully saturated rings. The van der Waals surface area contributed by atoms with E-state index < -0.39 is 0 Å². The van der Waals surface area contributed by atoms with Crippen molar-refractivity contribution in [1.29, 1.82) is 5.26 Å². The lowest BCUT2D eigenvalue weighted by atomic mass is 10.2. The van der Waals surface area contributed by atoms with Crippen LogP contribution in [0.5, 0.6) is 0 Å². The molecule has 0 aromatic carbocycles. The Kier molecular flexibility index (Phi) is 5.06. The molecular formula is C12H17N5O. The molecule has 6 heteroatoms. The molecule has 0 aliphatic carbocycles. The summed E-state index contributed by atoms with van der Waals surface area (Å²) in [4.78, 5) is 21.6. The third-order valence-electron chi connectivity index (χ3n) is 2.34. The third kappa shape index (κ3) is 3.70. The number of rotatable bonds is 5. The molecule has 0 saturated carbocycles. The van der Waals surface area contributed by atoms with Gasteiger partial charge in [-0.1, -0.05) is 0 Å². The zero-order chi connectivity index (χ0) is 13.5. The van der Waals surface area contributed by atoms with Crippen LogP contribution in [0.2, 0.25) is 0 Å². The second-order valence-corrected chi connectivity index (χ2v) is 4.03. The van der Waals surface area contributed by atoms with E-state index in [4.69, 9.17) is 5.26 Å². The lowest BCUT2D eigenvalue weighted by Gasteiger charge is -2.17. The van der Waals surface area contributed by atoms with Crippen molar-refractivity contribution in [3.8, 4) is 6.07 Å².